The summed E-state index contributed by atoms with van der Waals surface area (Å²) in [5, 5.41) is 8.88. The van der Waals surface area contributed by atoms with Crippen LogP contribution in [0.2, 0.25) is 5.02 Å². The highest BCUT2D eigenvalue weighted by Crippen LogP contribution is 2.20. The number of carboxylic acid groups (broad SMARTS) is 1. The van der Waals surface area contributed by atoms with Crippen LogP contribution in [0, 0.1) is 0 Å². The summed E-state index contributed by atoms with van der Waals surface area (Å²) in [4.78, 5) is 21.8. The number of halogens is 1. The smallest absolute Gasteiger partial charge is 0.322 e. The van der Waals surface area contributed by atoms with E-state index >= 15 is 0 Å². The molecule has 1 aromatic carbocycles. The third kappa shape index (κ3) is 4.19. The minimum atomic E-state index is -4.16. The topological polar surface area (TPSA) is 110 Å². The molecule has 0 aliphatic rings. The van der Waals surface area contributed by atoms with Crippen molar-refractivity contribution < 1.29 is 27.9 Å². The Morgan fingerprint density at radius 1 is 1.40 bits per heavy atom. The van der Waals surface area contributed by atoms with Crippen LogP contribution in [0.4, 0.5) is 0 Å². The van der Waals surface area contributed by atoms with Gasteiger partial charge in [0, 0.05) is 0 Å². The molecule has 0 amide bonds. The van der Waals surface area contributed by atoms with Crippen molar-refractivity contribution in [1.29, 1.82) is 0 Å². The van der Waals surface area contributed by atoms with Crippen molar-refractivity contribution in [3.05, 3.63) is 29.3 Å². The fraction of sp³-hybridized carbons (Fsp3) is 0.273. The molecule has 0 heterocycles. The molecule has 0 unspecified atom stereocenters. The van der Waals surface area contributed by atoms with Gasteiger partial charge in [0.15, 0.2) is 0 Å². The van der Waals surface area contributed by atoms with Gasteiger partial charge in [-0.3, -0.25) is 9.59 Å². The van der Waals surface area contributed by atoms with Crippen molar-refractivity contribution in [1.82, 2.24) is 4.72 Å². The second-order valence-electron chi connectivity index (χ2n) is 3.72. The van der Waals surface area contributed by atoms with Crippen molar-refractivity contribution in [3.63, 3.8) is 0 Å². The molecule has 9 heteroatoms. The molecule has 0 bridgehead atoms. The normalized spacial score (nSPS) is 12.7. The lowest BCUT2D eigenvalue weighted by molar-refractivity contribution is -0.147. The van der Waals surface area contributed by atoms with Gasteiger partial charge in [-0.05, 0) is 12.1 Å². The molecule has 0 saturated heterocycles. The van der Waals surface area contributed by atoms with Gasteiger partial charge in [-0.1, -0.05) is 23.7 Å². The van der Waals surface area contributed by atoms with E-state index in [0.717, 1.165) is 7.11 Å². The van der Waals surface area contributed by atoms with Gasteiger partial charge in [0.1, 0.15) is 10.9 Å². The molecule has 1 aromatic rings. The van der Waals surface area contributed by atoms with Gasteiger partial charge >= 0.3 is 11.9 Å². The van der Waals surface area contributed by atoms with Gasteiger partial charge in [0.05, 0.1) is 18.6 Å². The maximum absolute atomic E-state index is 12.0. The number of esters is 1. The van der Waals surface area contributed by atoms with Crippen LogP contribution < -0.4 is 4.72 Å². The Labute approximate surface area is 120 Å². The second-order valence-corrected chi connectivity index (χ2v) is 5.81. The Balaban J connectivity index is 3.01. The van der Waals surface area contributed by atoms with Crippen LogP contribution in [0.3, 0.4) is 0 Å². The van der Waals surface area contributed by atoms with E-state index in [1.54, 1.807) is 0 Å². The van der Waals surface area contributed by atoms with Crippen molar-refractivity contribution in [2.75, 3.05) is 7.11 Å². The molecule has 0 aliphatic carbocycles. The number of sulfonamides is 1. The van der Waals surface area contributed by atoms with E-state index < -0.39 is 34.4 Å². The highest BCUT2D eigenvalue weighted by molar-refractivity contribution is 7.89. The van der Waals surface area contributed by atoms with Crippen LogP contribution in [0.25, 0.3) is 0 Å². The van der Waals surface area contributed by atoms with Crippen molar-refractivity contribution in [3.8, 4) is 0 Å². The largest absolute Gasteiger partial charge is 0.480 e. The number of rotatable bonds is 6. The number of carbonyl (C=O) groups is 2. The molecule has 0 fully saturated rings. The molecule has 7 nitrogen and oxygen atoms in total. The molecule has 0 saturated carbocycles. The number of benzene rings is 1. The van der Waals surface area contributed by atoms with Crippen LogP contribution >= 0.6 is 11.6 Å². The highest BCUT2D eigenvalue weighted by atomic mass is 35.5. The maximum Gasteiger partial charge on any atom is 0.322 e. The zero-order valence-electron chi connectivity index (χ0n) is 10.4. The van der Waals surface area contributed by atoms with Crippen LogP contribution in [0.5, 0.6) is 0 Å². The minimum Gasteiger partial charge on any atom is -0.480 e. The molecule has 110 valence electrons. The molecule has 0 aliphatic heterocycles. The van der Waals surface area contributed by atoms with Crippen LogP contribution in [-0.4, -0.2) is 38.6 Å². The van der Waals surface area contributed by atoms with Gasteiger partial charge in [-0.2, -0.15) is 4.72 Å². The molecule has 0 spiro atoms. The average Bonchev–Trinajstić information content (AvgIpc) is 2.37. The van der Waals surface area contributed by atoms with E-state index in [1.165, 1.54) is 24.3 Å². The molecule has 1 rings (SSSR count). The number of ether oxygens (including phenoxy) is 1. The molecular formula is C11H12ClNO6S. The first-order chi connectivity index (χ1) is 9.27. The van der Waals surface area contributed by atoms with E-state index in [9.17, 15) is 18.0 Å². The zero-order chi connectivity index (χ0) is 15.3. The standard InChI is InChI=1S/C11H12ClNO6S/c1-19-10(14)6-8(11(15)16)13-20(17,18)9-5-3-2-4-7(9)12/h2-5,8,13H,6H2,1H3,(H,15,16)/t8-/m0/s1. The molecule has 0 radical (unpaired) electrons. The fourth-order valence-electron chi connectivity index (χ4n) is 1.34. The predicted molar refractivity (Wildman–Crippen MR) is 69.8 cm³/mol. The summed E-state index contributed by atoms with van der Waals surface area (Å²) in [5.41, 5.74) is 0. The summed E-state index contributed by atoms with van der Waals surface area (Å²) >= 11 is 5.75. The van der Waals surface area contributed by atoms with E-state index in [2.05, 4.69) is 4.74 Å². The van der Waals surface area contributed by atoms with E-state index in [4.69, 9.17) is 16.7 Å². The summed E-state index contributed by atoms with van der Waals surface area (Å²) in [6, 6.07) is 3.92. The SMILES string of the molecule is COC(=O)C[C@H](NS(=O)(=O)c1ccccc1Cl)C(=O)O. The summed E-state index contributed by atoms with van der Waals surface area (Å²) in [5.74, 6) is -2.34. The monoisotopic (exact) mass is 321 g/mol. The van der Waals surface area contributed by atoms with Gasteiger partial charge in [-0.25, -0.2) is 8.42 Å². The minimum absolute atomic E-state index is 0.0535. The lowest BCUT2D eigenvalue weighted by atomic mass is 10.2. The van der Waals surface area contributed by atoms with Gasteiger partial charge in [0.2, 0.25) is 10.0 Å². The summed E-state index contributed by atoms with van der Waals surface area (Å²) in [6.45, 7) is 0. The molecule has 20 heavy (non-hydrogen) atoms. The number of methoxy groups -OCH3 is 1. The van der Waals surface area contributed by atoms with Crippen LogP contribution in [0.15, 0.2) is 29.2 Å². The summed E-state index contributed by atoms with van der Waals surface area (Å²) in [6.07, 6.45) is -0.629. The van der Waals surface area contributed by atoms with E-state index in [1.807, 2.05) is 4.72 Å². The first-order valence-corrected chi connectivity index (χ1v) is 7.20. The molecule has 1 atom stereocenters. The lowest BCUT2D eigenvalue weighted by Crippen LogP contribution is -2.42. The molecule has 0 aromatic heterocycles. The van der Waals surface area contributed by atoms with Crippen LogP contribution in [0.1, 0.15) is 6.42 Å². The second kappa shape index (κ2) is 6.69. The number of aliphatic carboxylic acids is 1. The Hall–Kier alpha value is -1.64. The summed E-state index contributed by atoms with van der Waals surface area (Å²) in [7, 11) is -3.09. The number of hydrogen-bond acceptors (Lipinski definition) is 5. The third-order valence-corrected chi connectivity index (χ3v) is 4.29. The first-order valence-electron chi connectivity index (χ1n) is 5.34. The van der Waals surface area contributed by atoms with E-state index in [0.29, 0.717) is 0 Å². The van der Waals surface area contributed by atoms with Gasteiger partial charge < -0.3 is 9.84 Å². The Morgan fingerprint density at radius 2 is 2.00 bits per heavy atom. The highest BCUT2D eigenvalue weighted by Gasteiger charge is 2.29. The Morgan fingerprint density at radius 3 is 2.50 bits per heavy atom. The lowest BCUT2D eigenvalue weighted by Gasteiger charge is -2.14. The first kappa shape index (κ1) is 16.4. The average molecular weight is 322 g/mol. The third-order valence-electron chi connectivity index (χ3n) is 2.32. The predicted octanol–water partition coefficient (Wildman–Crippen LogP) is 0.635. The fourth-order valence-corrected chi connectivity index (χ4v) is 3.05. The van der Waals surface area contributed by atoms with Crippen LogP contribution in [-0.2, 0) is 24.3 Å². The summed E-state index contributed by atoms with van der Waals surface area (Å²) < 4.78 is 30.3. The van der Waals surface area contributed by atoms with Crippen molar-refractivity contribution in [2.24, 2.45) is 0 Å². The number of carbonyl (C=O) groups excluding carboxylic acids is 1. The maximum atomic E-state index is 12.0. The van der Waals surface area contributed by atoms with Gasteiger partial charge in [0.25, 0.3) is 0 Å². The molecular weight excluding hydrogens is 310 g/mol. The number of carboxylic acids is 1. The van der Waals surface area contributed by atoms with Gasteiger partial charge in [-0.15, -0.1) is 0 Å². The zero-order valence-corrected chi connectivity index (χ0v) is 11.9. The Bertz CT molecular complexity index is 615. The number of nitrogens with one attached hydrogen (secondary N) is 1. The Kier molecular flexibility index (Phi) is 5.49. The number of hydrogen-bond donors (Lipinski definition) is 2. The van der Waals surface area contributed by atoms with E-state index in [-0.39, 0.29) is 9.92 Å². The quantitative estimate of drug-likeness (QED) is 0.744. The van der Waals surface area contributed by atoms with Crippen molar-refractivity contribution in [2.45, 2.75) is 17.4 Å². The van der Waals surface area contributed by atoms with Crippen molar-refractivity contribution >= 4 is 33.6 Å². The molecule has 2 N–H and O–H groups in total.